The summed E-state index contributed by atoms with van der Waals surface area (Å²) in [6, 6.07) is 5.76. The molecule has 0 atom stereocenters. The maximum atomic E-state index is 10.3. The minimum Gasteiger partial charge on any atom is -0.478 e. The quantitative estimate of drug-likeness (QED) is 0.197. The molecule has 0 unspecified atom stereocenters. The Balaban J connectivity index is -0.000000113. The molecule has 0 aliphatic carbocycles. The van der Waals surface area contributed by atoms with Crippen LogP contribution in [-0.4, -0.2) is 63.5 Å². The van der Waals surface area contributed by atoms with Crippen molar-refractivity contribution in [1.29, 1.82) is 0 Å². The standard InChI is InChI=1S/2C7H7NO3.Cu.2NO3.2H2O/c2*9-4-6-2-1-5(3-8-6)7(10)11;;2*2-1(3)4;;/h2*1-3,9H,4H2,(H,10,11);;;;2*1H2/q;;+2;2*-1;;. The predicted octanol–water partition coefficient (Wildman–Crippen LogP) is -1.59. The molecule has 0 bridgehead atoms. The number of carboxylic acids is 2. The number of pyridine rings is 2. The normalized spacial score (nSPS) is 7.82. The van der Waals surface area contributed by atoms with Crippen molar-refractivity contribution in [3.8, 4) is 0 Å². The Bertz CT molecular complexity index is 742. The van der Waals surface area contributed by atoms with Crippen LogP contribution in [0, 0.1) is 30.6 Å². The van der Waals surface area contributed by atoms with E-state index in [1.54, 1.807) is 0 Å². The van der Waals surface area contributed by atoms with Crippen LogP contribution >= 0.6 is 0 Å². The molecule has 0 fully saturated rings. The molecule has 0 spiro atoms. The van der Waals surface area contributed by atoms with Crippen LogP contribution in [-0.2, 0) is 30.3 Å². The number of carbonyl (C=O) groups is 2. The third-order valence-electron chi connectivity index (χ3n) is 2.47. The molecule has 2 rings (SSSR count). The molecule has 33 heavy (non-hydrogen) atoms. The molecule has 8 N–H and O–H groups in total. The zero-order valence-corrected chi connectivity index (χ0v) is 17.0. The predicted molar refractivity (Wildman–Crippen MR) is 102 cm³/mol. The Hall–Kier alpha value is -4.00. The molecule has 0 aromatic carbocycles. The molecular weight excluding hydrogens is 512 g/mol. The zero-order valence-electron chi connectivity index (χ0n) is 16.0. The summed E-state index contributed by atoms with van der Waals surface area (Å²) in [6.45, 7) is -0.334. The number of aliphatic hydroxyl groups excluding tert-OH is 2. The molecule has 0 saturated heterocycles. The number of aliphatic hydroxyl groups is 2. The third-order valence-corrected chi connectivity index (χ3v) is 2.47. The van der Waals surface area contributed by atoms with Crippen molar-refractivity contribution in [3.63, 3.8) is 0 Å². The topological polar surface area (TPSA) is 336 Å². The van der Waals surface area contributed by atoms with Gasteiger partial charge < -0.3 is 62.0 Å². The molecule has 0 saturated carbocycles. The van der Waals surface area contributed by atoms with E-state index >= 15 is 0 Å². The van der Waals surface area contributed by atoms with E-state index in [1.165, 1.54) is 36.7 Å². The molecule has 2 aromatic heterocycles. The molecule has 189 valence electrons. The van der Waals surface area contributed by atoms with Crippen molar-refractivity contribution in [2.75, 3.05) is 0 Å². The molecule has 19 heteroatoms. The Labute approximate surface area is 193 Å². The molecule has 2 aromatic rings. The second-order valence-electron chi connectivity index (χ2n) is 4.45. The van der Waals surface area contributed by atoms with Crippen molar-refractivity contribution in [2.24, 2.45) is 0 Å². The maximum Gasteiger partial charge on any atom is 2.00 e. The summed E-state index contributed by atoms with van der Waals surface area (Å²) in [6.07, 6.45) is 2.43. The summed E-state index contributed by atoms with van der Waals surface area (Å²) in [7, 11) is 0. The minimum absolute atomic E-state index is 0. The fourth-order valence-corrected chi connectivity index (χ4v) is 1.29. The second-order valence-corrected chi connectivity index (χ2v) is 4.45. The van der Waals surface area contributed by atoms with E-state index in [0.717, 1.165) is 0 Å². The van der Waals surface area contributed by atoms with E-state index in [9.17, 15) is 9.59 Å². The first-order valence-corrected chi connectivity index (χ1v) is 7.15. The number of aromatic nitrogens is 2. The third kappa shape index (κ3) is 24.1. The summed E-state index contributed by atoms with van der Waals surface area (Å²) in [5.74, 6) is -2.02. The molecule has 0 amide bonds. The van der Waals surface area contributed by atoms with E-state index in [4.69, 9.17) is 51.1 Å². The van der Waals surface area contributed by atoms with E-state index < -0.39 is 22.1 Å². The number of hydrogen-bond acceptors (Lipinski definition) is 12. The van der Waals surface area contributed by atoms with Gasteiger partial charge in [0.05, 0.1) is 45.9 Å². The van der Waals surface area contributed by atoms with Gasteiger partial charge in [-0.25, -0.2) is 9.59 Å². The van der Waals surface area contributed by atoms with E-state index in [0.29, 0.717) is 11.4 Å². The van der Waals surface area contributed by atoms with Gasteiger partial charge in [0.15, 0.2) is 0 Å². The molecule has 1 radical (unpaired) electrons. The van der Waals surface area contributed by atoms with Gasteiger partial charge in [0.1, 0.15) is 0 Å². The second kappa shape index (κ2) is 22.7. The monoisotopic (exact) mass is 529 g/mol. The van der Waals surface area contributed by atoms with Gasteiger partial charge >= 0.3 is 29.0 Å². The Kier molecular flexibility index (Phi) is 27.1. The molecule has 0 aliphatic heterocycles. The van der Waals surface area contributed by atoms with Crippen LogP contribution in [0.2, 0.25) is 0 Å². The fourth-order valence-electron chi connectivity index (χ4n) is 1.29. The first-order chi connectivity index (χ1) is 13.9. The average Bonchev–Trinajstić information content (AvgIpc) is 2.67. The van der Waals surface area contributed by atoms with Gasteiger partial charge in [0.25, 0.3) is 0 Å². The van der Waals surface area contributed by atoms with Gasteiger partial charge in [-0.15, -0.1) is 0 Å². The van der Waals surface area contributed by atoms with Crippen LogP contribution in [0.1, 0.15) is 32.1 Å². The van der Waals surface area contributed by atoms with Gasteiger partial charge in [-0.3, -0.25) is 9.97 Å². The SMILES string of the molecule is O.O.O=C(O)c1ccc(CO)nc1.O=C(O)c1ccc(CO)nc1.O=[N+]([O-])[O-].O=[N+]([O-])[O-].[Cu+2]. The number of rotatable bonds is 4. The van der Waals surface area contributed by atoms with Crippen molar-refractivity contribution >= 4 is 11.9 Å². The van der Waals surface area contributed by atoms with Crippen LogP contribution in [0.4, 0.5) is 0 Å². The van der Waals surface area contributed by atoms with Crippen LogP contribution < -0.4 is 0 Å². The van der Waals surface area contributed by atoms with Gasteiger partial charge in [-0.05, 0) is 24.3 Å². The van der Waals surface area contributed by atoms with Gasteiger partial charge in [-0.1, -0.05) is 0 Å². The first-order valence-electron chi connectivity index (χ1n) is 7.15. The average molecular weight is 530 g/mol. The van der Waals surface area contributed by atoms with E-state index in [1.807, 2.05) is 0 Å². The molecule has 18 nitrogen and oxygen atoms in total. The Morgan fingerprint density at radius 2 is 0.970 bits per heavy atom. The van der Waals surface area contributed by atoms with Crippen LogP contribution in [0.3, 0.4) is 0 Å². The maximum absolute atomic E-state index is 10.3. The van der Waals surface area contributed by atoms with Gasteiger partial charge in [0, 0.05) is 12.4 Å². The van der Waals surface area contributed by atoms with Crippen LogP contribution in [0.15, 0.2) is 36.7 Å². The fraction of sp³-hybridized carbons (Fsp3) is 0.143. The molecule has 2 heterocycles. The molecular formula is C14H18CuN4O14. The minimum atomic E-state index is -1.75. The van der Waals surface area contributed by atoms with Crippen molar-refractivity contribution in [2.45, 2.75) is 13.2 Å². The van der Waals surface area contributed by atoms with Gasteiger partial charge in [-0.2, -0.15) is 0 Å². The largest absolute Gasteiger partial charge is 2.00 e. The Morgan fingerprint density at radius 3 is 1.09 bits per heavy atom. The summed E-state index contributed by atoms with van der Waals surface area (Å²) < 4.78 is 0. The first kappa shape index (κ1) is 39.5. The number of aromatic carboxylic acids is 2. The van der Waals surface area contributed by atoms with Crippen LogP contribution in [0.25, 0.3) is 0 Å². The number of nitrogens with zero attached hydrogens (tertiary/aromatic N) is 4. The van der Waals surface area contributed by atoms with Crippen molar-refractivity contribution in [1.82, 2.24) is 9.97 Å². The number of carboxylic acid groups (broad SMARTS) is 2. The van der Waals surface area contributed by atoms with Crippen LogP contribution in [0.5, 0.6) is 0 Å². The summed E-state index contributed by atoms with van der Waals surface area (Å²) in [5.41, 5.74) is 1.19. The summed E-state index contributed by atoms with van der Waals surface area (Å²) in [4.78, 5) is 44.5. The van der Waals surface area contributed by atoms with Crippen molar-refractivity contribution in [3.05, 3.63) is 89.8 Å². The zero-order chi connectivity index (χ0) is 23.7. The number of hydrogen-bond donors (Lipinski definition) is 4. The van der Waals surface area contributed by atoms with Crippen molar-refractivity contribution < 1.29 is 68.2 Å². The van der Waals surface area contributed by atoms with E-state index in [-0.39, 0.29) is 52.4 Å². The molecule has 0 aliphatic rings. The van der Waals surface area contributed by atoms with Gasteiger partial charge in [0.2, 0.25) is 0 Å². The smallest absolute Gasteiger partial charge is 0.478 e. The van der Waals surface area contributed by atoms with E-state index in [2.05, 4.69) is 9.97 Å². The summed E-state index contributed by atoms with van der Waals surface area (Å²) in [5, 5.41) is 63.5. The Morgan fingerprint density at radius 1 is 0.727 bits per heavy atom. The summed E-state index contributed by atoms with van der Waals surface area (Å²) >= 11 is 0.